The Bertz CT molecular complexity index is 892. The maximum absolute atomic E-state index is 9.40. The monoisotopic (exact) mass is 429 g/mol. The van der Waals surface area contributed by atoms with E-state index in [2.05, 4.69) is 74.4 Å². The fourth-order valence-corrected chi connectivity index (χ4v) is 4.57. The number of nitrogens with zero attached hydrogens (tertiary/aromatic N) is 2. The number of hydrogen-bond acceptors (Lipinski definition) is 4. The van der Waals surface area contributed by atoms with Crippen LogP contribution in [0.5, 0.6) is 0 Å². The molecule has 1 heterocycles. The molecule has 5 nitrogen and oxygen atoms in total. The smallest absolute Gasteiger partial charge is 0.229 e. The lowest BCUT2D eigenvalue weighted by atomic mass is 10.1. The van der Waals surface area contributed by atoms with Crippen molar-refractivity contribution in [1.29, 1.82) is 0 Å². The summed E-state index contributed by atoms with van der Waals surface area (Å²) in [6.07, 6.45) is 3.84. The van der Waals surface area contributed by atoms with Gasteiger partial charge in [0.2, 0.25) is 9.05 Å². The molecule has 0 saturated heterocycles. The van der Waals surface area contributed by atoms with Crippen LogP contribution in [0.3, 0.4) is 0 Å². The zero-order valence-corrected chi connectivity index (χ0v) is 20.2. The summed E-state index contributed by atoms with van der Waals surface area (Å²) >= 11 is 0. The van der Waals surface area contributed by atoms with Crippen molar-refractivity contribution in [3.63, 3.8) is 0 Å². The first kappa shape index (κ1) is 23.7. The SMILES string of the molecule is CS(=O)(=O)Cl.Cc1ccc(Cc2cnc([Si](C)(C)C(C)(C)C)n2C)cc1N. The van der Waals surface area contributed by atoms with Gasteiger partial charge in [-0.05, 0) is 29.2 Å². The van der Waals surface area contributed by atoms with Crippen molar-refractivity contribution in [1.82, 2.24) is 9.55 Å². The molecule has 2 N–H and O–H groups in total. The standard InChI is InChI=1S/C18H29N3Si.CH3ClO2S/c1-13-8-9-14(11-16(13)19)10-15-12-20-17(21(15)5)22(6,7)18(2,3)4;1-5(2,3)4/h8-9,11-12H,10,19H2,1-7H3;1H3. The first-order valence-corrected chi connectivity index (χ1v) is 14.5. The van der Waals surface area contributed by atoms with Gasteiger partial charge in [-0.1, -0.05) is 46.0 Å². The van der Waals surface area contributed by atoms with Crippen LogP contribution in [0, 0.1) is 6.92 Å². The van der Waals surface area contributed by atoms with Gasteiger partial charge in [-0.25, -0.2) is 13.4 Å². The Balaban J connectivity index is 0.000000646. The van der Waals surface area contributed by atoms with Gasteiger partial charge in [0.1, 0.15) is 8.07 Å². The van der Waals surface area contributed by atoms with Gasteiger partial charge in [0, 0.05) is 41.7 Å². The van der Waals surface area contributed by atoms with Crippen molar-refractivity contribution in [2.45, 2.75) is 52.2 Å². The molecule has 0 amide bonds. The summed E-state index contributed by atoms with van der Waals surface area (Å²) in [5.41, 5.74) is 11.8. The third-order valence-electron chi connectivity index (χ3n) is 5.25. The lowest BCUT2D eigenvalue weighted by Crippen LogP contribution is -2.53. The van der Waals surface area contributed by atoms with Gasteiger partial charge >= 0.3 is 0 Å². The first-order chi connectivity index (χ1) is 12.0. The summed E-state index contributed by atoms with van der Waals surface area (Å²) in [4.78, 5) is 4.78. The molecule has 2 rings (SSSR count). The third kappa shape index (κ3) is 6.66. The van der Waals surface area contributed by atoms with E-state index in [0.717, 1.165) is 23.9 Å². The molecule has 27 heavy (non-hydrogen) atoms. The molecule has 1 aromatic heterocycles. The highest BCUT2D eigenvalue weighted by atomic mass is 35.7. The van der Waals surface area contributed by atoms with Crippen LogP contribution >= 0.6 is 10.7 Å². The number of halogens is 1. The number of aryl methyl sites for hydroxylation is 1. The highest BCUT2D eigenvalue weighted by Gasteiger charge is 2.40. The number of nitrogens with two attached hydrogens (primary N) is 1. The first-order valence-electron chi connectivity index (χ1n) is 8.79. The Labute approximate surface area is 169 Å². The Kier molecular flexibility index (Phi) is 7.35. The molecule has 152 valence electrons. The molecule has 0 unspecified atom stereocenters. The minimum atomic E-state index is -3.19. The number of hydrogen-bond donors (Lipinski definition) is 1. The van der Waals surface area contributed by atoms with E-state index in [9.17, 15) is 8.42 Å². The van der Waals surface area contributed by atoms with E-state index in [-0.39, 0.29) is 5.04 Å². The molecular formula is C19H32ClN3O2SSi. The van der Waals surface area contributed by atoms with Gasteiger partial charge in [-0.15, -0.1) is 0 Å². The molecule has 0 saturated carbocycles. The summed E-state index contributed by atoms with van der Waals surface area (Å²) in [6, 6.07) is 6.33. The van der Waals surface area contributed by atoms with E-state index in [1.807, 2.05) is 13.1 Å². The summed E-state index contributed by atoms with van der Waals surface area (Å²) in [5, 5.41) is 0.289. The van der Waals surface area contributed by atoms with Gasteiger partial charge in [0.05, 0.1) is 11.7 Å². The second kappa shape index (κ2) is 8.37. The Morgan fingerprint density at radius 3 is 2.22 bits per heavy atom. The van der Waals surface area contributed by atoms with Crippen LogP contribution < -0.4 is 11.2 Å². The van der Waals surface area contributed by atoms with Crippen LogP contribution in [-0.4, -0.2) is 32.3 Å². The van der Waals surface area contributed by atoms with Crippen molar-refractivity contribution in [3.8, 4) is 0 Å². The maximum Gasteiger partial charge on any atom is 0.229 e. The fraction of sp³-hybridized carbons (Fsp3) is 0.526. The molecule has 8 heteroatoms. The number of aromatic nitrogens is 2. The van der Waals surface area contributed by atoms with Gasteiger partial charge in [0.25, 0.3) is 0 Å². The molecule has 0 spiro atoms. The number of anilines is 1. The Hall–Kier alpha value is -1.31. The van der Waals surface area contributed by atoms with E-state index < -0.39 is 17.1 Å². The maximum atomic E-state index is 9.40. The van der Waals surface area contributed by atoms with Crippen molar-refractivity contribution in [3.05, 3.63) is 41.2 Å². The lowest BCUT2D eigenvalue weighted by Gasteiger charge is -2.36. The highest BCUT2D eigenvalue weighted by molar-refractivity contribution is 8.13. The van der Waals surface area contributed by atoms with E-state index in [1.54, 1.807) is 0 Å². The molecule has 2 aromatic rings. The zero-order chi connectivity index (χ0) is 21.2. The molecule has 1 aromatic carbocycles. The topological polar surface area (TPSA) is 78.0 Å². The molecule has 0 aliphatic rings. The van der Waals surface area contributed by atoms with Crippen LogP contribution in [0.1, 0.15) is 37.6 Å². The zero-order valence-electron chi connectivity index (χ0n) is 17.6. The quantitative estimate of drug-likeness (QED) is 0.457. The molecule has 0 atom stereocenters. The minimum absolute atomic E-state index is 0.289. The molecule has 0 aliphatic carbocycles. The number of rotatable bonds is 3. The summed E-state index contributed by atoms with van der Waals surface area (Å²) < 4.78 is 21.1. The molecule has 0 aliphatic heterocycles. The third-order valence-corrected chi connectivity index (χ3v) is 10.6. The molecule has 0 bridgehead atoms. The van der Waals surface area contributed by atoms with Crippen LogP contribution in [-0.2, 0) is 22.5 Å². The second-order valence-electron chi connectivity index (χ2n) is 8.56. The van der Waals surface area contributed by atoms with E-state index in [0.29, 0.717) is 0 Å². The molecule has 0 radical (unpaired) electrons. The number of nitrogen functional groups attached to an aromatic ring is 1. The normalized spacial score (nSPS) is 12.5. The lowest BCUT2D eigenvalue weighted by molar-refractivity contribution is 0.615. The number of imidazole rings is 1. The van der Waals surface area contributed by atoms with Gasteiger partial charge in [-0.3, -0.25) is 0 Å². The summed E-state index contributed by atoms with van der Waals surface area (Å²) in [6.45, 7) is 13.8. The predicted molar refractivity (Wildman–Crippen MR) is 119 cm³/mol. The molecular weight excluding hydrogens is 398 g/mol. The molecule has 0 fully saturated rings. The minimum Gasteiger partial charge on any atom is -0.399 e. The average Bonchev–Trinajstić information content (AvgIpc) is 2.82. The predicted octanol–water partition coefficient (Wildman–Crippen LogP) is 3.80. The highest BCUT2D eigenvalue weighted by Crippen LogP contribution is 2.35. The number of benzene rings is 1. The summed E-state index contributed by atoms with van der Waals surface area (Å²) in [7, 11) is 1.84. The summed E-state index contributed by atoms with van der Waals surface area (Å²) in [5.74, 6) is 0. The largest absolute Gasteiger partial charge is 0.399 e. The van der Waals surface area contributed by atoms with Crippen molar-refractivity contribution >= 4 is 38.9 Å². The van der Waals surface area contributed by atoms with Gasteiger partial charge < -0.3 is 10.3 Å². The van der Waals surface area contributed by atoms with Crippen LogP contribution in [0.2, 0.25) is 18.1 Å². The van der Waals surface area contributed by atoms with Crippen LogP contribution in [0.15, 0.2) is 24.4 Å². The van der Waals surface area contributed by atoms with Crippen molar-refractivity contribution in [2.75, 3.05) is 12.0 Å². The van der Waals surface area contributed by atoms with Gasteiger partial charge in [-0.2, -0.15) is 0 Å². The van der Waals surface area contributed by atoms with E-state index >= 15 is 0 Å². The van der Waals surface area contributed by atoms with Crippen LogP contribution in [0.4, 0.5) is 5.69 Å². The second-order valence-corrected chi connectivity index (χ2v) is 16.8. The van der Waals surface area contributed by atoms with E-state index in [1.165, 1.54) is 16.7 Å². The van der Waals surface area contributed by atoms with E-state index in [4.69, 9.17) is 10.7 Å². The van der Waals surface area contributed by atoms with Crippen molar-refractivity contribution < 1.29 is 8.42 Å². The Morgan fingerprint density at radius 2 is 1.78 bits per heavy atom. The Morgan fingerprint density at radius 1 is 1.26 bits per heavy atom. The fourth-order valence-electron chi connectivity index (χ4n) is 2.53. The van der Waals surface area contributed by atoms with Crippen molar-refractivity contribution in [2.24, 2.45) is 7.05 Å². The van der Waals surface area contributed by atoms with Crippen LogP contribution in [0.25, 0.3) is 0 Å². The van der Waals surface area contributed by atoms with Gasteiger partial charge in [0.15, 0.2) is 0 Å². The average molecular weight is 430 g/mol.